The lowest BCUT2D eigenvalue weighted by molar-refractivity contribution is -0.359. The van der Waals surface area contributed by atoms with Crippen molar-refractivity contribution in [2.24, 2.45) is 0 Å². The molecule has 2 aliphatic heterocycles. The van der Waals surface area contributed by atoms with E-state index in [2.05, 4.69) is 43.5 Å². The Labute approximate surface area is 411 Å². The molecule has 2 heterocycles. The second-order valence-corrected chi connectivity index (χ2v) is 19.3. The average Bonchev–Trinajstić information content (AvgIpc) is 3.34. The lowest BCUT2D eigenvalue weighted by Crippen LogP contribution is -2.65. The number of nitrogens with one attached hydrogen (secondary N) is 1. The summed E-state index contributed by atoms with van der Waals surface area (Å²) in [4.78, 5) is 13.1. The second-order valence-electron chi connectivity index (χ2n) is 19.3. The fourth-order valence-electron chi connectivity index (χ4n) is 8.82. The van der Waals surface area contributed by atoms with Crippen molar-refractivity contribution in [3.8, 4) is 0 Å². The van der Waals surface area contributed by atoms with Gasteiger partial charge in [-0.15, -0.1) is 0 Å². The zero-order chi connectivity index (χ0) is 49.6. The topological polar surface area (TPSA) is 228 Å². The third kappa shape index (κ3) is 27.1. The molecule has 398 valence electrons. The zero-order valence-corrected chi connectivity index (χ0v) is 42.3. The van der Waals surface area contributed by atoms with E-state index >= 15 is 0 Å². The van der Waals surface area contributed by atoms with E-state index in [0.717, 1.165) is 51.4 Å². The number of amides is 1. The highest BCUT2D eigenvalue weighted by molar-refractivity contribution is 5.76. The SMILES string of the molecule is CCCC/C=C\CCCCCCCC(=O)NC(COC1OC(CO)C(OC2OC(CO)C(O)C(O)C2O)C(O)C1O)C(O)/C=C/CC/C=C/CCCCCCCCCCCCCCCCCCC. The minimum atomic E-state index is -1.79. The van der Waals surface area contributed by atoms with E-state index in [1.165, 1.54) is 122 Å². The summed E-state index contributed by atoms with van der Waals surface area (Å²) >= 11 is 0. The molecule has 2 aliphatic rings. The number of allylic oxidation sites excluding steroid dienone is 5. The molecule has 0 aliphatic carbocycles. The summed E-state index contributed by atoms with van der Waals surface area (Å²) in [5, 5.41) is 86.7. The van der Waals surface area contributed by atoms with Crippen LogP contribution in [0, 0.1) is 0 Å². The number of carbonyl (C=O) groups is 1. The molecule has 0 saturated carbocycles. The first-order valence-electron chi connectivity index (χ1n) is 27.2. The molecule has 2 rings (SSSR count). The number of hydrogen-bond acceptors (Lipinski definition) is 13. The number of aliphatic hydroxyl groups is 8. The Balaban J connectivity index is 1.80. The van der Waals surface area contributed by atoms with Crippen LogP contribution in [0.4, 0.5) is 0 Å². The number of rotatable bonds is 42. The smallest absolute Gasteiger partial charge is 0.220 e. The summed E-state index contributed by atoms with van der Waals surface area (Å²) in [6.07, 6.45) is 30.6. The largest absolute Gasteiger partial charge is 0.394 e. The summed E-state index contributed by atoms with van der Waals surface area (Å²) in [5.41, 5.74) is 0. The monoisotopic (exact) mass is 970 g/mol. The Morgan fingerprint density at radius 1 is 0.515 bits per heavy atom. The van der Waals surface area contributed by atoms with Gasteiger partial charge in [-0.25, -0.2) is 0 Å². The molecule has 2 fully saturated rings. The Kier molecular flexibility index (Phi) is 37.4. The molecule has 0 radical (unpaired) electrons. The van der Waals surface area contributed by atoms with Crippen molar-refractivity contribution in [2.75, 3.05) is 19.8 Å². The van der Waals surface area contributed by atoms with Crippen LogP contribution in [-0.4, -0.2) is 140 Å². The van der Waals surface area contributed by atoms with Gasteiger partial charge in [0.2, 0.25) is 5.91 Å². The number of aliphatic hydroxyl groups excluding tert-OH is 8. The first kappa shape index (κ1) is 62.3. The molecule has 0 aromatic carbocycles. The second kappa shape index (κ2) is 40.8. The van der Waals surface area contributed by atoms with Crippen molar-refractivity contribution < 1.29 is 64.6 Å². The van der Waals surface area contributed by atoms with E-state index in [9.17, 15) is 45.6 Å². The van der Waals surface area contributed by atoms with Crippen molar-refractivity contribution >= 4 is 5.91 Å². The molecule has 2 saturated heterocycles. The van der Waals surface area contributed by atoms with Crippen LogP contribution in [0.1, 0.15) is 206 Å². The molecule has 0 aromatic heterocycles. The lowest BCUT2D eigenvalue weighted by atomic mass is 9.97. The van der Waals surface area contributed by atoms with E-state index in [1.54, 1.807) is 6.08 Å². The molecule has 0 spiro atoms. The minimum Gasteiger partial charge on any atom is -0.394 e. The maximum absolute atomic E-state index is 13.1. The van der Waals surface area contributed by atoms with Crippen LogP contribution >= 0.6 is 0 Å². The number of unbranched alkanes of at least 4 members (excludes halogenated alkanes) is 25. The summed E-state index contributed by atoms with van der Waals surface area (Å²) in [5.74, 6) is -0.261. The third-order valence-electron chi connectivity index (χ3n) is 13.3. The maximum Gasteiger partial charge on any atom is 0.220 e. The van der Waals surface area contributed by atoms with Gasteiger partial charge in [0.05, 0.1) is 32.0 Å². The zero-order valence-electron chi connectivity index (χ0n) is 42.3. The number of hydrogen-bond donors (Lipinski definition) is 9. The van der Waals surface area contributed by atoms with Gasteiger partial charge in [-0.2, -0.15) is 0 Å². The quantitative estimate of drug-likeness (QED) is 0.0210. The van der Waals surface area contributed by atoms with E-state index in [4.69, 9.17) is 18.9 Å². The van der Waals surface area contributed by atoms with E-state index < -0.39 is 86.8 Å². The molecule has 9 N–H and O–H groups in total. The Hall–Kier alpha value is -1.79. The fourth-order valence-corrected chi connectivity index (χ4v) is 8.82. The van der Waals surface area contributed by atoms with Gasteiger partial charge in [0.15, 0.2) is 12.6 Å². The molecule has 12 atom stereocenters. The van der Waals surface area contributed by atoms with Crippen molar-refractivity contribution in [3.63, 3.8) is 0 Å². The molecule has 0 aromatic rings. The fraction of sp³-hybridized carbons (Fsp3) is 0.870. The van der Waals surface area contributed by atoms with Crippen molar-refractivity contribution in [1.82, 2.24) is 5.32 Å². The van der Waals surface area contributed by atoms with Crippen LogP contribution in [0.5, 0.6) is 0 Å². The summed E-state index contributed by atoms with van der Waals surface area (Å²) in [6, 6.07) is -0.933. The first-order chi connectivity index (χ1) is 33.1. The normalized spacial score (nSPS) is 26.6. The minimum absolute atomic E-state index is 0.261. The number of carbonyl (C=O) groups excluding carboxylic acids is 1. The van der Waals surface area contributed by atoms with Gasteiger partial charge >= 0.3 is 0 Å². The van der Waals surface area contributed by atoms with Crippen molar-refractivity contribution in [1.29, 1.82) is 0 Å². The van der Waals surface area contributed by atoms with Crippen molar-refractivity contribution in [2.45, 2.75) is 280 Å². The van der Waals surface area contributed by atoms with E-state index in [0.29, 0.717) is 12.8 Å². The van der Waals surface area contributed by atoms with Gasteiger partial charge in [-0.05, 0) is 51.4 Å². The molecule has 1 amide bonds. The van der Waals surface area contributed by atoms with Gasteiger partial charge in [0.25, 0.3) is 0 Å². The van der Waals surface area contributed by atoms with E-state index in [-0.39, 0.29) is 18.9 Å². The first-order valence-corrected chi connectivity index (χ1v) is 27.2. The van der Waals surface area contributed by atoms with E-state index in [1.807, 2.05) is 6.08 Å². The third-order valence-corrected chi connectivity index (χ3v) is 13.3. The van der Waals surface area contributed by atoms with Crippen LogP contribution in [0.3, 0.4) is 0 Å². The van der Waals surface area contributed by atoms with Gasteiger partial charge in [-0.3, -0.25) is 4.79 Å². The molecule has 0 bridgehead atoms. The Bertz CT molecular complexity index is 1280. The highest BCUT2D eigenvalue weighted by Crippen LogP contribution is 2.30. The van der Waals surface area contributed by atoms with Crippen molar-refractivity contribution in [3.05, 3.63) is 36.5 Å². The lowest BCUT2D eigenvalue weighted by Gasteiger charge is -2.46. The summed E-state index contributed by atoms with van der Waals surface area (Å²) in [7, 11) is 0. The molecule has 14 nitrogen and oxygen atoms in total. The van der Waals surface area contributed by atoms with Gasteiger partial charge < -0.3 is 65.1 Å². The predicted molar refractivity (Wildman–Crippen MR) is 268 cm³/mol. The van der Waals surface area contributed by atoms with Crippen LogP contribution in [0.15, 0.2) is 36.5 Å². The van der Waals surface area contributed by atoms with Crippen LogP contribution in [-0.2, 0) is 23.7 Å². The highest BCUT2D eigenvalue weighted by atomic mass is 16.7. The van der Waals surface area contributed by atoms with Crippen LogP contribution in [0.2, 0.25) is 0 Å². The molecule has 68 heavy (non-hydrogen) atoms. The van der Waals surface area contributed by atoms with Gasteiger partial charge in [0, 0.05) is 6.42 Å². The van der Waals surface area contributed by atoms with Gasteiger partial charge in [0.1, 0.15) is 48.8 Å². The molecule has 12 unspecified atom stereocenters. The highest BCUT2D eigenvalue weighted by Gasteiger charge is 2.51. The Morgan fingerprint density at radius 2 is 0.956 bits per heavy atom. The Morgan fingerprint density at radius 3 is 1.49 bits per heavy atom. The molecule has 14 heteroatoms. The summed E-state index contributed by atoms with van der Waals surface area (Å²) in [6.45, 7) is 2.72. The standard InChI is InChI=1S/C54H99NO13/c1-3-5-7-9-11-13-15-16-17-18-19-20-21-22-23-24-25-26-28-29-31-33-35-37-43(58)42(55-46(59)38-36-34-32-30-27-14-12-10-8-6-4-2)41-65-53-51(64)49(62)52(45(40-57)67-53)68-54-50(63)48(61)47(60)44(39-56)66-54/h10,12,28-29,35,37,42-45,47-54,56-58,60-64H,3-9,11,13-27,30-34,36,38-41H2,1-2H3,(H,55,59)/b12-10-,29-28+,37-35+. The predicted octanol–water partition coefficient (Wildman–Crippen LogP) is 7.88. The maximum atomic E-state index is 13.1. The van der Waals surface area contributed by atoms with Gasteiger partial charge in [-0.1, -0.05) is 185 Å². The van der Waals surface area contributed by atoms with Crippen LogP contribution < -0.4 is 5.32 Å². The van der Waals surface area contributed by atoms with Crippen LogP contribution in [0.25, 0.3) is 0 Å². The average molecular weight is 970 g/mol. The molecular weight excluding hydrogens is 871 g/mol. The summed E-state index contributed by atoms with van der Waals surface area (Å²) < 4.78 is 22.7. The number of ether oxygens (including phenoxy) is 4. The molecular formula is C54H99NO13.